The summed E-state index contributed by atoms with van der Waals surface area (Å²) >= 11 is 2.44. The number of nitrogens with one attached hydrogen (secondary N) is 2. The van der Waals surface area contributed by atoms with Crippen LogP contribution in [-0.2, 0) is 22.0 Å². The van der Waals surface area contributed by atoms with Crippen LogP contribution in [0.3, 0.4) is 0 Å². The predicted molar refractivity (Wildman–Crippen MR) is 201 cm³/mol. The second kappa shape index (κ2) is 16.5. The first-order chi connectivity index (χ1) is 22.5. The number of hydrogen-bond donors (Lipinski definition) is 2. The molecule has 1 saturated heterocycles. The average molecular weight is 749 g/mol. The van der Waals surface area contributed by atoms with Gasteiger partial charge >= 0.3 is 0 Å². The molecule has 1 saturated carbocycles. The van der Waals surface area contributed by atoms with Crippen molar-refractivity contribution in [3.05, 3.63) is 23.9 Å². The minimum atomic E-state index is -1.90. The van der Waals surface area contributed by atoms with Gasteiger partial charge in [-0.05, 0) is 74.3 Å². The molecule has 0 aromatic carbocycles. The van der Waals surface area contributed by atoms with Crippen molar-refractivity contribution in [2.24, 2.45) is 0 Å². The summed E-state index contributed by atoms with van der Waals surface area (Å²) in [6.07, 6.45) is 18.9. The van der Waals surface area contributed by atoms with Crippen LogP contribution >= 0.6 is 15.9 Å². The monoisotopic (exact) mass is 747 g/mol. The van der Waals surface area contributed by atoms with E-state index in [0.717, 1.165) is 90.9 Å². The van der Waals surface area contributed by atoms with Gasteiger partial charge in [0.1, 0.15) is 17.3 Å². The van der Waals surface area contributed by atoms with E-state index < -0.39 is 19.5 Å². The molecule has 2 aromatic rings. The quantitative estimate of drug-likeness (QED) is 0.0716. The van der Waals surface area contributed by atoms with E-state index in [1.807, 2.05) is 12.4 Å². The summed E-state index contributed by atoms with van der Waals surface area (Å²) in [5.41, 5.74) is 1.79. The van der Waals surface area contributed by atoms with Crippen LogP contribution in [0.1, 0.15) is 115 Å². The van der Waals surface area contributed by atoms with Gasteiger partial charge in [0.25, 0.3) is 0 Å². The van der Waals surface area contributed by atoms with Crippen LogP contribution in [0.2, 0.25) is 18.1 Å². The molecule has 5 rings (SSSR count). The zero-order valence-electron chi connectivity index (χ0n) is 29.5. The van der Waals surface area contributed by atoms with Gasteiger partial charge in [0, 0.05) is 37.3 Å². The van der Waals surface area contributed by atoms with Gasteiger partial charge in [0.05, 0.1) is 30.2 Å². The van der Waals surface area contributed by atoms with Crippen molar-refractivity contribution in [2.45, 2.75) is 139 Å². The fourth-order valence-corrected chi connectivity index (χ4v) is 9.19. The lowest BCUT2D eigenvalue weighted by molar-refractivity contribution is 0.148. The normalized spacial score (nSPS) is 19.8. The fourth-order valence-electron chi connectivity index (χ4n) is 6.42. The molecule has 0 bridgehead atoms. The summed E-state index contributed by atoms with van der Waals surface area (Å²) < 4.78 is 19.8. The summed E-state index contributed by atoms with van der Waals surface area (Å²) in [6.45, 7) is 14.8. The smallest absolute Gasteiger partial charge is 0.227 e. The highest BCUT2D eigenvalue weighted by Gasteiger charge is 2.45. The van der Waals surface area contributed by atoms with Gasteiger partial charge in [0.2, 0.25) is 10.8 Å². The van der Waals surface area contributed by atoms with Crippen LogP contribution in [0.25, 0.3) is 0 Å². The van der Waals surface area contributed by atoms with E-state index in [1.165, 1.54) is 51.4 Å². The molecule has 2 N–H and O–H groups in total. The van der Waals surface area contributed by atoms with Crippen LogP contribution in [0.15, 0.2) is 17.3 Å². The van der Waals surface area contributed by atoms with Crippen molar-refractivity contribution in [1.82, 2.24) is 19.9 Å². The molecule has 2 fully saturated rings. The van der Waals surface area contributed by atoms with Crippen molar-refractivity contribution in [3.63, 3.8) is 0 Å². The maximum atomic E-state index is 13.1. The van der Waals surface area contributed by atoms with Gasteiger partial charge in [-0.3, -0.25) is 0 Å². The van der Waals surface area contributed by atoms with E-state index in [4.69, 9.17) is 24.4 Å². The third-order valence-electron chi connectivity index (χ3n) is 10.8. The Bertz CT molecular complexity index is 1280. The Morgan fingerprint density at radius 1 is 1.02 bits per heavy atom. The van der Waals surface area contributed by atoms with E-state index in [9.17, 15) is 4.55 Å². The Hall–Kier alpha value is -1.47. The molecule has 0 radical (unpaired) electrons. The molecule has 262 valence electrons. The van der Waals surface area contributed by atoms with Crippen LogP contribution in [0, 0.1) is 0 Å². The van der Waals surface area contributed by atoms with Crippen molar-refractivity contribution in [1.29, 1.82) is 0 Å². The average Bonchev–Trinajstić information content (AvgIpc) is 3.41. The van der Waals surface area contributed by atoms with Crippen molar-refractivity contribution in [3.8, 4) is 0 Å². The van der Waals surface area contributed by atoms with E-state index in [-0.39, 0.29) is 10.6 Å². The lowest BCUT2D eigenvalue weighted by Gasteiger charge is -2.46. The number of hydrogen-bond acceptors (Lipinski definition) is 9. The summed E-state index contributed by atoms with van der Waals surface area (Å²) in [6, 6.07) is 0. The highest BCUT2D eigenvalue weighted by atomic mass is 79.9. The number of fused-ring (bicyclic) bond motifs is 1. The lowest BCUT2D eigenvalue weighted by Crippen LogP contribution is -2.53. The van der Waals surface area contributed by atoms with Crippen molar-refractivity contribution in [2.75, 3.05) is 52.9 Å². The largest absolute Gasteiger partial charge is 0.611 e. The van der Waals surface area contributed by atoms with Gasteiger partial charge in [-0.1, -0.05) is 68.8 Å². The maximum Gasteiger partial charge on any atom is 0.227 e. The van der Waals surface area contributed by atoms with E-state index in [2.05, 4.69) is 65.3 Å². The summed E-state index contributed by atoms with van der Waals surface area (Å²) in [7, 11) is -1.90. The molecule has 2 aromatic heterocycles. The number of rotatable bonds is 17. The highest BCUT2D eigenvalue weighted by Crippen LogP contribution is 2.43. The van der Waals surface area contributed by atoms with Gasteiger partial charge in [-0.15, -0.1) is 0 Å². The number of unbranched alkanes of at least 4 members (excludes halogenated alkanes) is 6. The van der Waals surface area contributed by atoms with E-state index in [0.29, 0.717) is 18.3 Å². The number of piperidine rings is 1. The first-order valence-electron chi connectivity index (χ1n) is 18.1. The van der Waals surface area contributed by atoms with Crippen LogP contribution in [0.4, 0.5) is 17.5 Å². The number of aryl methyl sites for hydroxylation is 1. The van der Waals surface area contributed by atoms with Crippen LogP contribution in [-0.4, -0.2) is 75.7 Å². The van der Waals surface area contributed by atoms with Crippen molar-refractivity contribution < 1.29 is 8.98 Å². The molecular formula is C35H58BrN7O2SSi. The minimum Gasteiger partial charge on any atom is -0.611 e. The topological polar surface area (TPSA) is 111 Å². The lowest BCUT2D eigenvalue weighted by atomic mass is 9.77. The number of halogens is 1. The molecule has 0 unspecified atom stereocenters. The van der Waals surface area contributed by atoms with Gasteiger partial charge in [-0.2, -0.15) is 4.98 Å². The summed E-state index contributed by atoms with van der Waals surface area (Å²) in [4.78, 5) is 22.7. The molecular weight excluding hydrogens is 690 g/mol. The highest BCUT2D eigenvalue weighted by molar-refractivity contribution is 9.09. The molecule has 12 heteroatoms. The number of nitrogens with zero attached hydrogens (tertiary/aromatic N) is 5. The van der Waals surface area contributed by atoms with Crippen LogP contribution < -0.4 is 15.5 Å². The molecule has 4 heterocycles. The number of aromatic nitrogens is 4. The molecule has 2 aliphatic heterocycles. The Kier molecular flexibility index (Phi) is 12.9. The zero-order valence-corrected chi connectivity index (χ0v) is 32.9. The maximum absolute atomic E-state index is 13.1. The van der Waals surface area contributed by atoms with Gasteiger partial charge in [-0.25, -0.2) is 15.0 Å². The predicted octanol–water partition coefficient (Wildman–Crippen LogP) is 8.21. The van der Waals surface area contributed by atoms with Gasteiger partial charge < -0.3 is 24.5 Å². The number of anilines is 3. The van der Waals surface area contributed by atoms with E-state index >= 15 is 0 Å². The second-order valence-corrected chi connectivity index (χ2v) is 22.5. The van der Waals surface area contributed by atoms with E-state index in [1.54, 1.807) is 0 Å². The molecule has 47 heavy (non-hydrogen) atoms. The Balaban J connectivity index is 1.14. The third-order valence-corrected chi connectivity index (χ3v) is 17.3. The fraction of sp³-hybridized carbons (Fsp3) is 0.771. The summed E-state index contributed by atoms with van der Waals surface area (Å²) in [5.74, 6) is 3.40. The third kappa shape index (κ3) is 9.61. The first-order valence-corrected chi connectivity index (χ1v) is 23.4. The molecule has 0 spiro atoms. The molecule has 0 amide bonds. The Labute approximate surface area is 296 Å². The number of alkyl halides is 1. The second-order valence-electron chi connectivity index (χ2n) is 15.4. The van der Waals surface area contributed by atoms with Crippen molar-refractivity contribution >= 4 is 52.9 Å². The van der Waals surface area contributed by atoms with Gasteiger partial charge in [0.15, 0.2) is 14.1 Å². The molecule has 1 atom stereocenters. The standard InChI is InChI=1S/C35H58BrN7O2SSi/c1-34(2,3)47(4,5)45-26-35(17-13-18-35)42-32-30-29(16-23-46(30)44)40-33(41-32)43-21-14-27(15-22-43)31-38-24-28(25-39-31)37-20-12-10-8-6-7-9-11-19-36/h24-25,27,37H,6-23,26H2,1-5H3,(H,40,41,42)/t46-/m1/s1. The molecule has 9 nitrogen and oxygen atoms in total. The Morgan fingerprint density at radius 2 is 1.68 bits per heavy atom. The zero-order chi connectivity index (χ0) is 33.5. The first kappa shape index (κ1) is 36.8. The molecule has 3 aliphatic rings. The summed E-state index contributed by atoms with van der Waals surface area (Å²) in [5, 5.41) is 8.58. The minimum absolute atomic E-state index is 0.153. The Morgan fingerprint density at radius 3 is 2.30 bits per heavy atom. The SMILES string of the molecule is CC(C)(C)[Si](C)(C)OCC1(Nc2nc(N3CCC(c4ncc(NCCCCCCCCCBr)cn4)CC3)nc3c2[S@+]([O-])CC3)CCC1. The van der Waals surface area contributed by atoms with Crippen LogP contribution in [0.5, 0.6) is 0 Å². The molecule has 1 aliphatic carbocycles.